The van der Waals surface area contributed by atoms with Crippen LogP contribution < -0.4 is 10.6 Å². The van der Waals surface area contributed by atoms with Crippen LogP contribution in [-0.2, 0) is 11.2 Å². The van der Waals surface area contributed by atoms with Crippen LogP contribution in [0, 0.1) is 0 Å². The largest absolute Gasteiger partial charge is 0.352 e. The van der Waals surface area contributed by atoms with Gasteiger partial charge in [0.25, 0.3) is 0 Å². The van der Waals surface area contributed by atoms with E-state index in [9.17, 15) is 4.79 Å². The van der Waals surface area contributed by atoms with Gasteiger partial charge in [0.2, 0.25) is 5.91 Å². The highest BCUT2D eigenvalue weighted by atomic mass is 16.1. The van der Waals surface area contributed by atoms with E-state index in [1.54, 1.807) is 0 Å². The normalized spacial score (nSPS) is 25.8. The van der Waals surface area contributed by atoms with Crippen LogP contribution >= 0.6 is 0 Å². The zero-order valence-corrected chi connectivity index (χ0v) is 12.0. The summed E-state index contributed by atoms with van der Waals surface area (Å²) in [6.45, 7) is 2.01. The third-order valence-electron chi connectivity index (χ3n) is 4.59. The number of hydrogen-bond acceptors (Lipinski definition) is 2. The van der Waals surface area contributed by atoms with Gasteiger partial charge in [-0.25, -0.2) is 0 Å². The van der Waals surface area contributed by atoms with Gasteiger partial charge in [0.1, 0.15) is 0 Å². The summed E-state index contributed by atoms with van der Waals surface area (Å²) in [6, 6.07) is 8.95. The van der Waals surface area contributed by atoms with Crippen molar-refractivity contribution in [2.45, 2.75) is 50.5 Å². The second-order valence-corrected chi connectivity index (χ2v) is 6.10. The number of carbonyl (C=O) groups is 1. The molecular weight excluding hydrogens is 248 g/mol. The van der Waals surface area contributed by atoms with Crippen LogP contribution in [0.4, 0.5) is 0 Å². The van der Waals surface area contributed by atoms with E-state index in [1.165, 1.54) is 24.0 Å². The van der Waals surface area contributed by atoms with Crippen molar-refractivity contribution in [2.24, 2.45) is 0 Å². The molecule has 0 saturated carbocycles. The first-order valence-electron chi connectivity index (χ1n) is 7.91. The van der Waals surface area contributed by atoms with Crippen molar-refractivity contribution < 1.29 is 4.79 Å². The van der Waals surface area contributed by atoms with Crippen molar-refractivity contribution in [3.05, 3.63) is 35.4 Å². The summed E-state index contributed by atoms with van der Waals surface area (Å²) in [6.07, 6.45) is 6.44. The van der Waals surface area contributed by atoms with Crippen LogP contribution in [0.5, 0.6) is 0 Å². The van der Waals surface area contributed by atoms with Gasteiger partial charge in [-0.15, -0.1) is 0 Å². The molecule has 1 saturated heterocycles. The summed E-state index contributed by atoms with van der Waals surface area (Å²) in [7, 11) is 0. The fourth-order valence-electron chi connectivity index (χ4n) is 3.55. The molecule has 0 aromatic heterocycles. The van der Waals surface area contributed by atoms with Gasteiger partial charge in [-0.1, -0.05) is 24.3 Å². The number of amides is 1. The lowest BCUT2D eigenvalue weighted by molar-refractivity contribution is -0.122. The molecule has 1 unspecified atom stereocenters. The SMILES string of the molecule is O=C(CC1CCCc2ccccc21)N[C@H]1CCCNC1. The minimum atomic E-state index is 0.223. The number of fused-ring (bicyclic) bond motifs is 1. The van der Waals surface area contributed by atoms with Gasteiger partial charge in [-0.3, -0.25) is 4.79 Å². The van der Waals surface area contributed by atoms with Crippen LogP contribution in [-0.4, -0.2) is 25.0 Å². The fourth-order valence-corrected chi connectivity index (χ4v) is 3.55. The Balaban J connectivity index is 1.59. The van der Waals surface area contributed by atoms with Crippen LogP contribution in [0.15, 0.2) is 24.3 Å². The first kappa shape index (κ1) is 13.6. The Kier molecular flexibility index (Phi) is 4.36. The van der Waals surface area contributed by atoms with Crippen molar-refractivity contribution in [1.29, 1.82) is 0 Å². The molecule has 3 nitrogen and oxygen atoms in total. The highest BCUT2D eigenvalue weighted by Gasteiger charge is 2.23. The van der Waals surface area contributed by atoms with E-state index in [0.717, 1.165) is 32.4 Å². The smallest absolute Gasteiger partial charge is 0.220 e. The van der Waals surface area contributed by atoms with Gasteiger partial charge in [-0.2, -0.15) is 0 Å². The topological polar surface area (TPSA) is 41.1 Å². The summed E-state index contributed by atoms with van der Waals surface area (Å²) >= 11 is 0. The van der Waals surface area contributed by atoms with Gasteiger partial charge in [0.15, 0.2) is 0 Å². The summed E-state index contributed by atoms with van der Waals surface area (Å²) in [4.78, 5) is 12.3. The molecule has 1 aliphatic carbocycles. The van der Waals surface area contributed by atoms with Gasteiger partial charge in [0, 0.05) is 19.0 Å². The molecule has 20 heavy (non-hydrogen) atoms. The Bertz CT molecular complexity index is 466. The second kappa shape index (κ2) is 6.40. The minimum Gasteiger partial charge on any atom is -0.352 e. The Morgan fingerprint density at radius 3 is 3.00 bits per heavy atom. The van der Waals surface area contributed by atoms with E-state index in [4.69, 9.17) is 0 Å². The summed E-state index contributed by atoms with van der Waals surface area (Å²) in [5.74, 6) is 0.636. The highest BCUT2D eigenvalue weighted by Crippen LogP contribution is 2.33. The molecule has 2 atom stereocenters. The lowest BCUT2D eigenvalue weighted by atomic mass is 9.81. The number of aryl methyl sites for hydroxylation is 1. The molecule has 1 heterocycles. The highest BCUT2D eigenvalue weighted by molar-refractivity contribution is 5.77. The van der Waals surface area contributed by atoms with Crippen molar-refractivity contribution in [3.8, 4) is 0 Å². The number of hydrogen-bond donors (Lipinski definition) is 2. The average Bonchev–Trinajstić information content (AvgIpc) is 2.48. The molecule has 0 radical (unpaired) electrons. The fraction of sp³-hybridized carbons (Fsp3) is 0.588. The van der Waals surface area contributed by atoms with Gasteiger partial charge < -0.3 is 10.6 Å². The van der Waals surface area contributed by atoms with Gasteiger partial charge >= 0.3 is 0 Å². The first-order chi connectivity index (χ1) is 9.83. The standard InChI is InChI=1S/C17H24N2O/c20-17(19-15-8-4-10-18-12-15)11-14-7-3-6-13-5-1-2-9-16(13)14/h1-2,5,9,14-15,18H,3-4,6-8,10-12H2,(H,19,20)/t14?,15-/m0/s1. The monoisotopic (exact) mass is 272 g/mol. The average molecular weight is 272 g/mol. The molecule has 3 rings (SSSR count). The maximum absolute atomic E-state index is 12.3. The minimum absolute atomic E-state index is 0.223. The summed E-state index contributed by atoms with van der Waals surface area (Å²) in [5, 5.41) is 6.54. The summed E-state index contributed by atoms with van der Waals surface area (Å²) < 4.78 is 0. The molecule has 0 spiro atoms. The molecular formula is C17H24N2O. The molecule has 1 aliphatic heterocycles. The zero-order chi connectivity index (χ0) is 13.8. The van der Waals surface area contributed by atoms with E-state index in [1.807, 2.05) is 0 Å². The van der Waals surface area contributed by atoms with Crippen LogP contribution in [0.3, 0.4) is 0 Å². The molecule has 3 heteroatoms. The number of piperidine rings is 1. The van der Waals surface area contributed by atoms with Gasteiger partial charge in [0.05, 0.1) is 0 Å². The number of rotatable bonds is 3. The Morgan fingerprint density at radius 2 is 2.15 bits per heavy atom. The summed E-state index contributed by atoms with van der Waals surface area (Å²) in [5.41, 5.74) is 2.84. The predicted molar refractivity (Wildman–Crippen MR) is 80.8 cm³/mol. The molecule has 2 N–H and O–H groups in total. The maximum Gasteiger partial charge on any atom is 0.220 e. The number of benzene rings is 1. The number of carbonyl (C=O) groups excluding carboxylic acids is 1. The quantitative estimate of drug-likeness (QED) is 0.887. The lowest BCUT2D eigenvalue weighted by Gasteiger charge is -2.27. The zero-order valence-electron chi connectivity index (χ0n) is 12.0. The molecule has 1 fully saturated rings. The van der Waals surface area contributed by atoms with Crippen LogP contribution in [0.2, 0.25) is 0 Å². The van der Waals surface area contributed by atoms with Crippen molar-refractivity contribution in [1.82, 2.24) is 10.6 Å². The molecule has 108 valence electrons. The predicted octanol–water partition coefficient (Wildman–Crippen LogP) is 2.36. The van der Waals surface area contributed by atoms with E-state index >= 15 is 0 Å². The Labute approximate surface area is 121 Å². The van der Waals surface area contributed by atoms with Crippen molar-refractivity contribution in [3.63, 3.8) is 0 Å². The van der Waals surface area contributed by atoms with Crippen LogP contribution in [0.25, 0.3) is 0 Å². The molecule has 2 aliphatic rings. The molecule has 0 bridgehead atoms. The van der Waals surface area contributed by atoms with E-state index in [-0.39, 0.29) is 5.91 Å². The van der Waals surface area contributed by atoms with E-state index in [2.05, 4.69) is 34.9 Å². The Morgan fingerprint density at radius 1 is 1.25 bits per heavy atom. The molecule has 1 aromatic carbocycles. The van der Waals surface area contributed by atoms with Gasteiger partial charge in [-0.05, 0) is 55.7 Å². The third kappa shape index (κ3) is 3.21. The second-order valence-electron chi connectivity index (χ2n) is 6.10. The maximum atomic E-state index is 12.3. The lowest BCUT2D eigenvalue weighted by Crippen LogP contribution is -2.45. The first-order valence-corrected chi connectivity index (χ1v) is 7.91. The third-order valence-corrected chi connectivity index (χ3v) is 4.59. The number of nitrogens with one attached hydrogen (secondary N) is 2. The Hall–Kier alpha value is -1.35. The van der Waals surface area contributed by atoms with E-state index in [0.29, 0.717) is 18.4 Å². The molecule has 1 aromatic rings. The van der Waals surface area contributed by atoms with Crippen molar-refractivity contribution >= 4 is 5.91 Å². The van der Waals surface area contributed by atoms with Crippen molar-refractivity contribution in [2.75, 3.05) is 13.1 Å². The van der Waals surface area contributed by atoms with Crippen LogP contribution in [0.1, 0.15) is 49.1 Å². The molecule has 1 amide bonds. The van der Waals surface area contributed by atoms with E-state index < -0.39 is 0 Å².